The Hall–Kier alpha value is -0.160. The third-order valence-corrected chi connectivity index (χ3v) is 5.24. The highest BCUT2D eigenvalue weighted by atomic mass is 32.2. The van der Waals surface area contributed by atoms with Crippen LogP contribution < -0.4 is 0 Å². The molecule has 0 saturated carbocycles. The molecule has 3 saturated heterocycles. The van der Waals surface area contributed by atoms with Crippen molar-refractivity contribution in [1.82, 2.24) is 0 Å². The molecule has 2 bridgehead atoms. The Kier molecular flexibility index (Phi) is 1.93. The maximum Gasteiger partial charge on any atom is 0.294 e. The molecule has 1 radical (unpaired) electrons. The highest BCUT2D eigenvalue weighted by molar-refractivity contribution is 7.85. The minimum atomic E-state index is -3.15. The zero-order valence-electron chi connectivity index (χ0n) is 7.66. The first-order valence-electron chi connectivity index (χ1n) is 4.50. The van der Waals surface area contributed by atoms with Gasteiger partial charge in [-0.05, 0) is 0 Å². The second-order valence-electron chi connectivity index (χ2n) is 4.05. The Labute approximate surface area is 78.2 Å². The number of nitrogens with zero attached hydrogens (tertiary/aromatic N) is 1. The van der Waals surface area contributed by atoms with Crippen LogP contribution in [-0.2, 0) is 10.0 Å². The fourth-order valence-electron chi connectivity index (χ4n) is 2.32. The number of fused-ring (bicyclic) bond motifs is 3. The molecule has 0 N–H and O–H groups in total. The highest BCUT2D eigenvalue weighted by Gasteiger charge is 2.52. The molecule has 3 nitrogen and oxygen atoms in total. The van der Waals surface area contributed by atoms with E-state index in [1.165, 1.54) is 6.26 Å². The van der Waals surface area contributed by atoms with Gasteiger partial charge in [-0.1, -0.05) is 0 Å². The fraction of sp³-hybridized carbons (Fsp3) is 0.875. The summed E-state index contributed by atoms with van der Waals surface area (Å²) in [5.41, 5.74) is 0. The summed E-state index contributed by atoms with van der Waals surface area (Å²) in [7, 11) is -3.15. The fourth-order valence-corrected chi connectivity index (χ4v) is 3.56. The summed E-state index contributed by atoms with van der Waals surface area (Å²) < 4.78 is 36.3. The van der Waals surface area contributed by atoms with Crippen LogP contribution in [0.1, 0.15) is 12.8 Å². The molecule has 3 rings (SSSR count). The van der Waals surface area contributed by atoms with Crippen LogP contribution in [0.15, 0.2) is 0 Å². The lowest BCUT2D eigenvalue weighted by Gasteiger charge is -2.47. The van der Waals surface area contributed by atoms with Gasteiger partial charge in [-0.15, -0.1) is 0 Å². The molecule has 75 valence electrons. The van der Waals surface area contributed by atoms with E-state index in [-0.39, 0.29) is 10.4 Å². The average Bonchev–Trinajstić information content (AvgIpc) is 2.04. The summed E-state index contributed by atoms with van der Waals surface area (Å²) in [5.74, 6) is 0.920. The van der Waals surface area contributed by atoms with Gasteiger partial charge in [0.1, 0.15) is 6.54 Å². The first kappa shape index (κ1) is 9.40. The number of sulfonamides is 1. The van der Waals surface area contributed by atoms with Crippen molar-refractivity contribution in [2.24, 2.45) is 0 Å². The minimum Gasteiger partial charge on any atom is -0.241 e. The van der Waals surface area contributed by atoms with Crippen molar-refractivity contribution in [3.8, 4) is 0 Å². The molecule has 5 heteroatoms. The van der Waals surface area contributed by atoms with Gasteiger partial charge < -0.3 is 0 Å². The first-order chi connectivity index (χ1) is 5.95. The zero-order chi connectivity index (χ0) is 9.69. The Morgan fingerprint density at radius 3 is 2.23 bits per heavy atom. The van der Waals surface area contributed by atoms with Gasteiger partial charge in [0.2, 0.25) is 0 Å². The van der Waals surface area contributed by atoms with Gasteiger partial charge in [0, 0.05) is 18.8 Å². The normalized spacial score (nSPS) is 40.9. The van der Waals surface area contributed by atoms with Crippen LogP contribution in [-0.4, -0.2) is 44.4 Å². The predicted octanol–water partition coefficient (Wildman–Crippen LogP) is 0.483. The summed E-state index contributed by atoms with van der Waals surface area (Å²) in [4.78, 5) is 0. The van der Waals surface area contributed by atoms with Crippen LogP contribution >= 0.6 is 0 Å². The van der Waals surface area contributed by atoms with E-state index in [2.05, 4.69) is 0 Å². The van der Waals surface area contributed by atoms with Gasteiger partial charge in [0.15, 0.2) is 6.17 Å². The van der Waals surface area contributed by atoms with E-state index in [1.54, 1.807) is 0 Å². The van der Waals surface area contributed by atoms with E-state index in [1.807, 2.05) is 0 Å². The second-order valence-corrected chi connectivity index (χ2v) is 6.29. The molecule has 0 aromatic heterocycles. The maximum atomic E-state index is 13.3. The molecule has 0 aliphatic carbocycles. The molecule has 0 aromatic rings. The number of piperidine rings is 3. The molecule has 3 aliphatic heterocycles. The van der Waals surface area contributed by atoms with Crippen molar-refractivity contribution in [2.45, 2.75) is 19.0 Å². The summed E-state index contributed by atoms with van der Waals surface area (Å²) in [6.07, 6.45) is 1.52. The van der Waals surface area contributed by atoms with Crippen molar-refractivity contribution >= 4 is 10.0 Å². The SMILES string of the molecule is CS(=O)(=O)[N+]12CC[C](CC1)C(F)C2. The molecule has 1 atom stereocenters. The lowest BCUT2D eigenvalue weighted by atomic mass is 9.87. The highest BCUT2D eigenvalue weighted by Crippen LogP contribution is 2.38. The topological polar surface area (TPSA) is 34.1 Å². The molecular weight excluding hydrogens is 193 g/mol. The smallest absolute Gasteiger partial charge is 0.241 e. The molecular formula is C8H14FNO2S+. The maximum absolute atomic E-state index is 13.3. The van der Waals surface area contributed by atoms with E-state index in [0.717, 1.165) is 5.92 Å². The van der Waals surface area contributed by atoms with Gasteiger partial charge in [-0.25, -0.2) is 8.28 Å². The number of hydrogen-bond acceptors (Lipinski definition) is 2. The first-order valence-corrected chi connectivity index (χ1v) is 6.34. The summed E-state index contributed by atoms with van der Waals surface area (Å²) in [6.45, 7) is 1.30. The average molecular weight is 207 g/mol. The lowest BCUT2D eigenvalue weighted by molar-refractivity contribution is -0.822. The molecule has 3 heterocycles. The Bertz CT molecular complexity index is 306. The van der Waals surface area contributed by atoms with Crippen LogP contribution in [0, 0.1) is 5.92 Å². The van der Waals surface area contributed by atoms with E-state index in [0.29, 0.717) is 25.9 Å². The van der Waals surface area contributed by atoms with Crippen LogP contribution in [0.4, 0.5) is 4.39 Å². The van der Waals surface area contributed by atoms with Crippen LogP contribution in [0.25, 0.3) is 0 Å². The number of quaternary nitrogens is 1. The van der Waals surface area contributed by atoms with Gasteiger partial charge in [-0.3, -0.25) is 0 Å². The standard InChI is InChI=1S/C8H14FNO2S/c1-13(11,12)10-4-2-7(3-5-10)8(9)6-10/h8H,2-6H2,1H3/q+1. The Morgan fingerprint density at radius 2 is 1.92 bits per heavy atom. The predicted molar refractivity (Wildman–Crippen MR) is 47.1 cm³/mol. The summed E-state index contributed by atoms with van der Waals surface area (Å²) in [6, 6.07) is 0. The van der Waals surface area contributed by atoms with Gasteiger partial charge in [0.25, 0.3) is 10.0 Å². The van der Waals surface area contributed by atoms with Crippen molar-refractivity contribution in [1.29, 1.82) is 0 Å². The number of rotatable bonds is 1. The quantitative estimate of drug-likeness (QED) is 0.586. The third kappa shape index (κ3) is 1.29. The van der Waals surface area contributed by atoms with Crippen LogP contribution in [0.3, 0.4) is 0 Å². The van der Waals surface area contributed by atoms with E-state index >= 15 is 0 Å². The van der Waals surface area contributed by atoms with Crippen LogP contribution in [0.2, 0.25) is 0 Å². The van der Waals surface area contributed by atoms with E-state index in [4.69, 9.17) is 0 Å². The van der Waals surface area contributed by atoms with Gasteiger partial charge >= 0.3 is 0 Å². The van der Waals surface area contributed by atoms with Crippen molar-refractivity contribution in [3.63, 3.8) is 0 Å². The Morgan fingerprint density at radius 1 is 1.38 bits per heavy atom. The molecule has 3 aliphatic rings. The van der Waals surface area contributed by atoms with E-state index in [9.17, 15) is 12.8 Å². The number of halogens is 1. The third-order valence-electron chi connectivity index (χ3n) is 3.32. The zero-order valence-corrected chi connectivity index (χ0v) is 8.48. The van der Waals surface area contributed by atoms with Gasteiger partial charge in [0.05, 0.1) is 19.3 Å². The molecule has 3 fully saturated rings. The number of hydrogen-bond donors (Lipinski definition) is 0. The molecule has 0 aromatic carbocycles. The van der Waals surface area contributed by atoms with Gasteiger partial charge in [-0.2, -0.15) is 8.42 Å². The Balaban J connectivity index is 2.33. The minimum absolute atomic E-state index is 0.0301. The monoisotopic (exact) mass is 207 g/mol. The van der Waals surface area contributed by atoms with Crippen LogP contribution in [0.5, 0.6) is 0 Å². The van der Waals surface area contributed by atoms with Crippen molar-refractivity contribution in [2.75, 3.05) is 25.9 Å². The molecule has 13 heavy (non-hydrogen) atoms. The summed E-state index contributed by atoms with van der Waals surface area (Å²) >= 11 is 0. The largest absolute Gasteiger partial charge is 0.294 e. The number of alkyl halides is 1. The van der Waals surface area contributed by atoms with E-state index < -0.39 is 16.2 Å². The molecule has 1 unspecified atom stereocenters. The second kappa shape index (κ2) is 2.67. The molecule has 0 spiro atoms. The lowest BCUT2D eigenvalue weighted by Crippen LogP contribution is -2.64. The van der Waals surface area contributed by atoms with Crippen molar-refractivity contribution < 1.29 is 16.7 Å². The summed E-state index contributed by atoms with van der Waals surface area (Å²) in [5, 5.41) is 0. The van der Waals surface area contributed by atoms with Crippen molar-refractivity contribution in [3.05, 3.63) is 5.92 Å². The molecule has 0 amide bonds.